The number of carbonyl (C=O) groups excluding carboxylic acids is 2. The summed E-state index contributed by atoms with van der Waals surface area (Å²) in [6.07, 6.45) is 3.57. The number of hydrogen-bond acceptors (Lipinski definition) is 7. The standard InChI is InChI=1S/C20H23NO6S2/c1-3-27-20(23)17-15-6-4-5-7-16(15)28-18(17)21-29(24,25)12-13-8-10-14(11-9-13)19(22)26-2/h8-11,21H,3-7,12H2,1-2H3. The Morgan fingerprint density at radius 2 is 1.79 bits per heavy atom. The number of rotatable bonds is 7. The number of carbonyl (C=O) groups is 2. The van der Waals surface area contributed by atoms with E-state index in [2.05, 4.69) is 9.46 Å². The molecule has 1 aliphatic rings. The molecule has 29 heavy (non-hydrogen) atoms. The number of sulfonamides is 1. The fourth-order valence-electron chi connectivity index (χ4n) is 3.31. The van der Waals surface area contributed by atoms with Crippen LogP contribution in [0, 0.1) is 0 Å². The molecule has 1 aromatic carbocycles. The fraction of sp³-hybridized carbons (Fsp3) is 0.400. The highest BCUT2D eigenvalue weighted by Crippen LogP contribution is 2.39. The summed E-state index contributed by atoms with van der Waals surface area (Å²) in [6, 6.07) is 6.17. The van der Waals surface area contributed by atoms with E-state index < -0.39 is 22.0 Å². The van der Waals surface area contributed by atoms with E-state index in [1.54, 1.807) is 19.1 Å². The molecule has 0 unspecified atom stereocenters. The molecule has 156 valence electrons. The number of ether oxygens (including phenoxy) is 2. The zero-order valence-electron chi connectivity index (χ0n) is 16.3. The maximum absolute atomic E-state index is 12.7. The first-order valence-electron chi connectivity index (χ1n) is 9.34. The minimum absolute atomic E-state index is 0.224. The van der Waals surface area contributed by atoms with Gasteiger partial charge in [0, 0.05) is 4.88 Å². The molecule has 2 aromatic rings. The van der Waals surface area contributed by atoms with Crippen molar-refractivity contribution in [3.8, 4) is 0 Å². The van der Waals surface area contributed by atoms with E-state index in [0.29, 0.717) is 21.7 Å². The van der Waals surface area contributed by atoms with Gasteiger partial charge < -0.3 is 9.47 Å². The predicted molar refractivity (Wildman–Crippen MR) is 111 cm³/mol. The third kappa shape index (κ3) is 4.97. The van der Waals surface area contributed by atoms with Crippen LogP contribution in [0.1, 0.15) is 56.5 Å². The number of aryl methyl sites for hydroxylation is 1. The van der Waals surface area contributed by atoms with Gasteiger partial charge in [0.25, 0.3) is 0 Å². The minimum atomic E-state index is -3.76. The van der Waals surface area contributed by atoms with E-state index in [-0.39, 0.29) is 12.4 Å². The van der Waals surface area contributed by atoms with Crippen LogP contribution < -0.4 is 4.72 Å². The summed E-state index contributed by atoms with van der Waals surface area (Å²) in [7, 11) is -2.48. The van der Waals surface area contributed by atoms with Gasteiger partial charge >= 0.3 is 11.9 Å². The van der Waals surface area contributed by atoms with E-state index in [0.717, 1.165) is 36.1 Å². The molecular formula is C20H23NO6S2. The molecule has 0 atom stereocenters. The molecule has 3 rings (SSSR count). The average molecular weight is 438 g/mol. The first-order valence-corrected chi connectivity index (χ1v) is 11.8. The Labute approximate surface area is 174 Å². The van der Waals surface area contributed by atoms with Crippen molar-refractivity contribution >= 4 is 38.3 Å². The van der Waals surface area contributed by atoms with Gasteiger partial charge in [-0.25, -0.2) is 18.0 Å². The lowest BCUT2D eigenvalue weighted by Gasteiger charge is -2.12. The van der Waals surface area contributed by atoms with Crippen molar-refractivity contribution in [2.75, 3.05) is 18.4 Å². The van der Waals surface area contributed by atoms with Gasteiger partial charge in [-0.05, 0) is 55.9 Å². The molecule has 1 aromatic heterocycles. The van der Waals surface area contributed by atoms with E-state index in [1.807, 2.05) is 0 Å². The highest BCUT2D eigenvalue weighted by Gasteiger charge is 2.28. The molecule has 0 spiro atoms. The molecule has 1 aliphatic carbocycles. The first kappa shape index (κ1) is 21.3. The van der Waals surface area contributed by atoms with Crippen molar-refractivity contribution in [2.24, 2.45) is 0 Å². The summed E-state index contributed by atoms with van der Waals surface area (Å²) in [5.74, 6) is -1.26. The normalized spacial score (nSPS) is 13.4. The lowest BCUT2D eigenvalue weighted by molar-refractivity contribution is 0.0525. The molecule has 9 heteroatoms. The quantitative estimate of drug-likeness (QED) is 0.666. The van der Waals surface area contributed by atoms with Crippen LogP contribution in [0.15, 0.2) is 24.3 Å². The third-order valence-corrected chi connectivity index (χ3v) is 7.20. The SMILES string of the molecule is CCOC(=O)c1c(NS(=O)(=O)Cc2ccc(C(=O)OC)cc2)sc2c1CCCC2. The molecule has 1 heterocycles. The summed E-state index contributed by atoms with van der Waals surface area (Å²) in [5, 5.41) is 0.321. The van der Waals surface area contributed by atoms with Crippen LogP contribution in [0.3, 0.4) is 0 Å². The van der Waals surface area contributed by atoms with Crippen molar-refractivity contribution < 1.29 is 27.5 Å². The second-order valence-corrected chi connectivity index (χ2v) is 9.51. The van der Waals surface area contributed by atoms with Crippen LogP contribution in [-0.2, 0) is 38.1 Å². The molecule has 0 fully saturated rings. The summed E-state index contributed by atoms with van der Waals surface area (Å²) in [4.78, 5) is 25.0. The van der Waals surface area contributed by atoms with Gasteiger partial charge in [0.05, 0.1) is 30.6 Å². The van der Waals surface area contributed by atoms with Gasteiger partial charge in [-0.2, -0.15) is 0 Å². The van der Waals surface area contributed by atoms with Gasteiger partial charge in [0.15, 0.2) is 0 Å². The van der Waals surface area contributed by atoms with E-state index in [4.69, 9.17) is 4.74 Å². The van der Waals surface area contributed by atoms with Crippen molar-refractivity contribution in [2.45, 2.75) is 38.4 Å². The fourth-order valence-corrected chi connectivity index (χ4v) is 6.07. The molecule has 1 N–H and O–H groups in total. The van der Waals surface area contributed by atoms with Crippen molar-refractivity contribution in [3.05, 3.63) is 51.4 Å². The number of fused-ring (bicyclic) bond motifs is 1. The van der Waals surface area contributed by atoms with E-state index in [9.17, 15) is 18.0 Å². The van der Waals surface area contributed by atoms with Crippen molar-refractivity contribution in [1.82, 2.24) is 0 Å². The van der Waals surface area contributed by atoms with Gasteiger partial charge in [-0.3, -0.25) is 4.72 Å². The number of esters is 2. The third-order valence-electron chi connectivity index (χ3n) is 4.63. The Morgan fingerprint density at radius 3 is 2.45 bits per heavy atom. The largest absolute Gasteiger partial charge is 0.465 e. The monoisotopic (exact) mass is 437 g/mol. The first-order chi connectivity index (χ1) is 13.8. The van der Waals surface area contributed by atoms with E-state index in [1.165, 1.54) is 30.6 Å². The van der Waals surface area contributed by atoms with Crippen LogP contribution in [0.5, 0.6) is 0 Å². The summed E-state index contributed by atoms with van der Waals surface area (Å²) in [5.41, 5.74) is 2.11. The number of methoxy groups -OCH3 is 1. The molecule has 0 saturated heterocycles. The van der Waals surface area contributed by atoms with Crippen molar-refractivity contribution in [3.63, 3.8) is 0 Å². The molecular weight excluding hydrogens is 414 g/mol. The minimum Gasteiger partial charge on any atom is -0.465 e. The summed E-state index contributed by atoms with van der Waals surface area (Å²) in [6.45, 7) is 1.95. The Bertz CT molecular complexity index is 1010. The Hall–Kier alpha value is -2.39. The number of anilines is 1. The second-order valence-electron chi connectivity index (χ2n) is 6.69. The molecule has 0 aliphatic heterocycles. The van der Waals surface area contributed by atoms with Crippen LogP contribution in [0.2, 0.25) is 0 Å². The second kappa shape index (κ2) is 8.96. The molecule has 0 saturated carbocycles. The molecule has 7 nitrogen and oxygen atoms in total. The topological polar surface area (TPSA) is 98.8 Å². The zero-order valence-corrected chi connectivity index (χ0v) is 18.0. The number of thiophene rings is 1. The van der Waals surface area contributed by atoms with Gasteiger partial charge in [-0.1, -0.05) is 12.1 Å². The Kier molecular flexibility index (Phi) is 6.59. The van der Waals surface area contributed by atoms with Gasteiger partial charge in [0.2, 0.25) is 10.0 Å². The number of nitrogens with one attached hydrogen (secondary N) is 1. The van der Waals surface area contributed by atoms with Crippen LogP contribution in [-0.4, -0.2) is 34.1 Å². The maximum atomic E-state index is 12.7. The smallest absolute Gasteiger partial charge is 0.341 e. The zero-order chi connectivity index (χ0) is 21.0. The maximum Gasteiger partial charge on any atom is 0.341 e. The Morgan fingerprint density at radius 1 is 1.10 bits per heavy atom. The number of hydrogen-bond donors (Lipinski definition) is 1. The summed E-state index contributed by atoms with van der Waals surface area (Å²) >= 11 is 1.31. The molecule has 0 bridgehead atoms. The lowest BCUT2D eigenvalue weighted by atomic mass is 9.95. The lowest BCUT2D eigenvalue weighted by Crippen LogP contribution is -2.17. The van der Waals surface area contributed by atoms with Crippen LogP contribution in [0.4, 0.5) is 5.00 Å². The van der Waals surface area contributed by atoms with Crippen LogP contribution >= 0.6 is 11.3 Å². The predicted octanol–water partition coefficient (Wildman–Crippen LogP) is 3.53. The average Bonchev–Trinajstić information content (AvgIpc) is 3.04. The Balaban J connectivity index is 1.83. The van der Waals surface area contributed by atoms with Crippen molar-refractivity contribution in [1.29, 1.82) is 0 Å². The molecule has 0 radical (unpaired) electrons. The summed E-state index contributed by atoms with van der Waals surface area (Å²) < 4.78 is 37.9. The number of benzene rings is 1. The highest BCUT2D eigenvalue weighted by molar-refractivity contribution is 7.92. The van der Waals surface area contributed by atoms with Gasteiger partial charge in [-0.15, -0.1) is 11.3 Å². The van der Waals surface area contributed by atoms with Crippen LogP contribution in [0.25, 0.3) is 0 Å². The van der Waals surface area contributed by atoms with Gasteiger partial charge in [0.1, 0.15) is 5.00 Å². The molecule has 0 amide bonds. The van der Waals surface area contributed by atoms with E-state index >= 15 is 0 Å². The highest BCUT2D eigenvalue weighted by atomic mass is 32.2.